The Balaban J connectivity index is 1.09. The largest absolute Gasteiger partial charge is 0.457 e. The molecule has 2 aliphatic heterocycles. The van der Waals surface area contributed by atoms with Crippen LogP contribution in [0.15, 0.2) is 0 Å². The molecule has 0 aromatic rings. The van der Waals surface area contributed by atoms with E-state index in [4.69, 9.17) is 18.9 Å². The summed E-state index contributed by atoms with van der Waals surface area (Å²) in [6.07, 6.45) is 8.11. The highest BCUT2D eigenvalue weighted by Gasteiger charge is 2.81. The number of aliphatic hydroxyl groups is 3. The third kappa shape index (κ3) is 4.54. The average Bonchev–Trinajstić information content (AvgIpc) is 3.49. The first-order valence-electron chi connectivity index (χ1n) is 17.7. The van der Waals surface area contributed by atoms with E-state index in [1.807, 2.05) is 0 Å². The summed E-state index contributed by atoms with van der Waals surface area (Å²) >= 11 is 0. The Kier molecular flexibility index (Phi) is 7.49. The standard InChI is InChI=1S/C36H58O8/c1-19-14-26(31(33(5,6)40)42-20(2)37)43-25-15-22-21-8-9-27-32(3,4)28(44-29-16-23(38)24(39)17-41-29)10-11-36(27)18-35(21,36)13-12-34(22,7)30(19)25/h19,21-31,38-40H,8-18H2,1-7H3/t19-,21?,22?,23-,24?,25?,26?,27?,28+,29?,30+,31+,34?,35+,36-/m1/s1. The van der Waals surface area contributed by atoms with Crippen LogP contribution in [0.25, 0.3) is 0 Å². The van der Waals surface area contributed by atoms with Crippen LogP contribution in [0.1, 0.15) is 113 Å². The number of fused-ring (bicyclic) bond motifs is 4. The molecule has 0 radical (unpaired) electrons. The molecule has 0 aromatic carbocycles. The van der Waals surface area contributed by atoms with Crippen molar-refractivity contribution in [2.24, 2.45) is 51.2 Å². The maximum Gasteiger partial charge on any atom is 0.303 e. The van der Waals surface area contributed by atoms with Gasteiger partial charge in [-0.25, -0.2) is 0 Å². The fourth-order valence-corrected chi connectivity index (χ4v) is 13.1. The minimum Gasteiger partial charge on any atom is -0.457 e. The van der Waals surface area contributed by atoms with Crippen molar-refractivity contribution < 1.29 is 39.1 Å². The van der Waals surface area contributed by atoms with E-state index in [2.05, 4.69) is 27.7 Å². The monoisotopic (exact) mass is 618 g/mol. The summed E-state index contributed by atoms with van der Waals surface area (Å²) in [5, 5.41) is 31.1. The lowest BCUT2D eigenvalue weighted by Gasteiger charge is -2.60. The van der Waals surface area contributed by atoms with Crippen molar-refractivity contribution in [1.82, 2.24) is 0 Å². The van der Waals surface area contributed by atoms with Crippen molar-refractivity contribution in [2.75, 3.05) is 6.61 Å². The van der Waals surface area contributed by atoms with Gasteiger partial charge in [0.25, 0.3) is 0 Å². The number of aliphatic hydroxyl groups excluding tert-OH is 2. The predicted octanol–water partition coefficient (Wildman–Crippen LogP) is 4.99. The Morgan fingerprint density at radius 1 is 0.955 bits per heavy atom. The van der Waals surface area contributed by atoms with Gasteiger partial charge in [-0.05, 0) is 123 Å². The maximum atomic E-state index is 12.0. The zero-order valence-corrected chi connectivity index (χ0v) is 28.1. The lowest BCUT2D eigenvalue weighted by atomic mass is 9.46. The highest BCUT2D eigenvalue weighted by atomic mass is 16.7. The molecular weight excluding hydrogens is 560 g/mol. The van der Waals surface area contributed by atoms with E-state index in [1.54, 1.807) is 13.8 Å². The van der Waals surface area contributed by atoms with Crippen LogP contribution in [0, 0.1) is 51.2 Å². The van der Waals surface area contributed by atoms with Gasteiger partial charge < -0.3 is 34.3 Å². The van der Waals surface area contributed by atoms with Crippen molar-refractivity contribution in [3.05, 3.63) is 0 Å². The molecule has 44 heavy (non-hydrogen) atoms. The molecule has 0 amide bonds. The SMILES string of the molecule is CC(=O)O[C@@H](C1C[C@@H](C)[C@H]2C(CC3C4CCC5C(C)(C)[C@@H](OC6C[C@@H](O)C(O)CO6)CC[C@@]56C[C@@]46CCC32C)O1)C(C)(C)O. The summed E-state index contributed by atoms with van der Waals surface area (Å²) in [4.78, 5) is 12.0. The Hall–Kier alpha value is -0.770. The van der Waals surface area contributed by atoms with Crippen LogP contribution >= 0.6 is 0 Å². The van der Waals surface area contributed by atoms with E-state index in [1.165, 1.54) is 45.4 Å². The first-order chi connectivity index (χ1) is 20.5. The Morgan fingerprint density at radius 2 is 1.70 bits per heavy atom. The number of hydrogen-bond acceptors (Lipinski definition) is 8. The van der Waals surface area contributed by atoms with Gasteiger partial charge in [-0.1, -0.05) is 27.7 Å². The van der Waals surface area contributed by atoms with E-state index in [-0.39, 0.29) is 41.7 Å². The van der Waals surface area contributed by atoms with Crippen molar-refractivity contribution in [3.8, 4) is 0 Å². The van der Waals surface area contributed by atoms with Crippen LogP contribution in [-0.2, 0) is 23.7 Å². The number of esters is 1. The summed E-state index contributed by atoms with van der Waals surface area (Å²) in [6, 6.07) is 0. The Labute approximate surface area is 263 Å². The molecule has 7 rings (SSSR count). The molecular formula is C36H58O8. The Morgan fingerprint density at radius 3 is 2.39 bits per heavy atom. The highest BCUT2D eigenvalue weighted by Crippen LogP contribution is 2.87. The van der Waals surface area contributed by atoms with Gasteiger partial charge >= 0.3 is 5.97 Å². The van der Waals surface area contributed by atoms with E-state index >= 15 is 0 Å². The van der Waals surface area contributed by atoms with Crippen LogP contribution in [0.2, 0.25) is 0 Å². The third-order valence-corrected chi connectivity index (χ3v) is 14.9. The van der Waals surface area contributed by atoms with Crippen LogP contribution in [0.4, 0.5) is 0 Å². The summed E-state index contributed by atoms with van der Waals surface area (Å²) in [7, 11) is 0. The lowest BCUT2D eigenvalue weighted by molar-refractivity contribution is -0.264. The molecule has 0 aromatic heterocycles. The molecule has 8 unspecified atom stereocenters. The van der Waals surface area contributed by atoms with Crippen LogP contribution in [-0.4, -0.2) is 76.4 Å². The van der Waals surface area contributed by atoms with Crippen LogP contribution in [0.5, 0.6) is 0 Å². The zero-order valence-electron chi connectivity index (χ0n) is 28.1. The molecule has 8 heteroatoms. The third-order valence-electron chi connectivity index (χ3n) is 14.9. The van der Waals surface area contributed by atoms with Gasteiger partial charge in [0, 0.05) is 13.3 Å². The molecule has 7 aliphatic rings. The first kappa shape index (κ1) is 31.8. The van der Waals surface area contributed by atoms with Gasteiger partial charge in [0.05, 0.1) is 36.6 Å². The van der Waals surface area contributed by atoms with Crippen LogP contribution < -0.4 is 0 Å². The van der Waals surface area contributed by atoms with E-state index < -0.39 is 30.2 Å². The fraction of sp³-hybridized carbons (Fsp3) is 0.972. The summed E-state index contributed by atoms with van der Waals surface area (Å²) in [6.45, 7) is 14.8. The summed E-state index contributed by atoms with van der Waals surface area (Å²) in [5.74, 6) is 2.56. The topological polar surface area (TPSA) is 115 Å². The second-order valence-electron chi connectivity index (χ2n) is 17.8. The number of ether oxygens (including phenoxy) is 4. The van der Waals surface area contributed by atoms with Crippen molar-refractivity contribution in [1.29, 1.82) is 0 Å². The number of hydrogen-bond donors (Lipinski definition) is 3. The van der Waals surface area contributed by atoms with Crippen LogP contribution in [0.3, 0.4) is 0 Å². The highest BCUT2D eigenvalue weighted by molar-refractivity contribution is 5.66. The quantitative estimate of drug-likeness (QED) is 0.292. The summed E-state index contributed by atoms with van der Waals surface area (Å²) < 4.78 is 25.0. The predicted molar refractivity (Wildman–Crippen MR) is 163 cm³/mol. The molecule has 0 bridgehead atoms. The van der Waals surface area contributed by atoms with E-state index in [9.17, 15) is 20.1 Å². The van der Waals surface area contributed by atoms with Gasteiger partial charge in [0.1, 0.15) is 6.10 Å². The van der Waals surface area contributed by atoms with Gasteiger partial charge in [-0.15, -0.1) is 0 Å². The van der Waals surface area contributed by atoms with E-state index in [0.29, 0.717) is 40.9 Å². The van der Waals surface area contributed by atoms with Gasteiger partial charge in [-0.3, -0.25) is 4.79 Å². The summed E-state index contributed by atoms with van der Waals surface area (Å²) in [5.41, 5.74) is -0.0657. The van der Waals surface area contributed by atoms with Gasteiger partial charge in [0.15, 0.2) is 12.4 Å². The fourth-order valence-electron chi connectivity index (χ4n) is 13.1. The maximum absolute atomic E-state index is 12.0. The minimum atomic E-state index is -1.17. The molecule has 3 N–H and O–H groups in total. The van der Waals surface area contributed by atoms with Crippen molar-refractivity contribution in [2.45, 2.75) is 161 Å². The lowest BCUT2D eigenvalue weighted by Crippen LogP contribution is -2.56. The van der Waals surface area contributed by atoms with Crippen molar-refractivity contribution >= 4 is 5.97 Å². The molecule has 250 valence electrons. The van der Waals surface area contributed by atoms with Gasteiger partial charge in [-0.2, -0.15) is 0 Å². The Bertz CT molecular complexity index is 1130. The molecule has 15 atom stereocenters. The van der Waals surface area contributed by atoms with Crippen molar-refractivity contribution in [3.63, 3.8) is 0 Å². The average molecular weight is 619 g/mol. The molecule has 7 fully saturated rings. The second-order valence-corrected chi connectivity index (χ2v) is 17.8. The smallest absolute Gasteiger partial charge is 0.303 e. The molecule has 5 saturated carbocycles. The minimum absolute atomic E-state index is 0.0230. The first-order valence-corrected chi connectivity index (χ1v) is 17.7. The second kappa shape index (κ2) is 10.4. The zero-order chi connectivity index (χ0) is 31.6. The number of carbonyl (C=O) groups is 1. The molecule has 2 heterocycles. The normalized spacial score (nSPS) is 53.3. The molecule has 2 saturated heterocycles. The van der Waals surface area contributed by atoms with Gasteiger partial charge in [0.2, 0.25) is 0 Å². The molecule has 2 spiro atoms. The van der Waals surface area contributed by atoms with E-state index in [0.717, 1.165) is 25.2 Å². The number of rotatable bonds is 5. The number of carbonyl (C=O) groups excluding carboxylic acids is 1. The molecule has 8 nitrogen and oxygen atoms in total. The molecule has 5 aliphatic carbocycles.